The third kappa shape index (κ3) is 16.5. The summed E-state index contributed by atoms with van der Waals surface area (Å²) in [6.07, 6.45) is 6.66. The van der Waals surface area contributed by atoms with E-state index in [4.69, 9.17) is 0 Å². The van der Waals surface area contributed by atoms with Crippen LogP contribution in [0.4, 0.5) is 41.1 Å². The largest absolute Gasteiger partial charge is 0.323 e. The van der Waals surface area contributed by atoms with Crippen LogP contribution in [0.5, 0.6) is 0 Å². The Kier molecular flexibility index (Phi) is 18.8. The average Bonchev–Trinajstić information content (AvgIpc) is 3.23. The van der Waals surface area contributed by atoms with E-state index < -0.39 is 37.0 Å². The first-order chi connectivity index (χ1) is 29.0. The molecule has 0 spiro atoms. The zero-order valence-electron chi connectivity index (χ0n) is 34.8. The number of urea groups is 2. The minimum absolute atomic E-state index is 0.00849. The molecule has 0 atom stereocenters. The summed E-state index contributed by atoms with van der Waals surface area (Å²) in [5.41, 5.74) is 4.08. The van der Waals surface area contributed by atoms with E-state index in [2.05, 4.69) is 46.8 Å². The smallest absolute Gasteiger partial charge is 0.306 e. The lowest BCUT2D eigenvalue weighted by atomic mass is 10.1. The van der Waals surface area contributed by atoms with Gasteiger partial charge >= 0.3 is 12.1 Å². The summed E-state index contributed by atoms with van der Waals surface area (Å²) >= 11 is 0. The number of aryl methyl sites for hydroxylation is 2. The number of likely N-dealkylation sites (tertiary alicyclic amines) is 1. The molecular formula is C41H54ClF2N9O6S2. The van der Waals surface area contributed by atoms with Crippen LogP contribution in [0.1, 0.15) is 55.6 Å². The Balaban J connectivity index is 0.000000240. The van der Waals surface area contributed by atoms with Crippen LogP contribution >= 0.6 is 10.7 Å². The monoisotopic (exact) mass is 905 g/mol. The lowest BCUT2D eigenvalue weighted by Gasteiger charge is -2.33. The molecule has 61 heavy (non-hydrogen) atoms. The minimum atomic E-state index is -3.20. The van der Waals surface area contributed by atoms with Crippen molar-refractivity contribution in [2.75, 3.05) is 72.0 Å². The number of nitrogens with zero attached hydrogens (tertiary/aromatic N) is 5. The predicted octanol–water partition coefficient (Wildman–Crippen LogP) is 7.37. The fraction of sp³-hybridized carbons (Fsp3) is 0.415. The first-order valence-electron chi connectivity index (χ1n) is 19.9. The number of hydrogen-bond donors (Lipinski definition) is 4. The molecule has 0 saturated carbocycles. The van der Waals surface area contributed by atoms with Gasteiger partial charge in [-0.1, -0.05) is 37.6 Å². The highest BCUT2D eigenvalue weighted by molar-refractivity contribution is 8.13. The van der Waals surface area contributed by atoms with Crippen molar-refractivity contribution in [3.63, 3.8) is 0 Å². The van der Waals surface area contributed by atoms with E-state index >= 15 is 0 Å². The van der Waals surface area contributed by atoms with Crippen molar-refractivity contribution in [2.24, 2.45) is 0 Å². The second-order valence-electron chi connectivity index (χ2n) is 14.3. The number of rotatable bonds is 11. The summed E-state index contributed by atoms with van der Waals surface area (Å²) in [5, 5.41) is 10.4. The Morgan fingerprint density at radius 3 is 1.43 bits per heavy atom. The van der Waals surface area contributed by atoms with Gasteiger partial charge in [0.15, 0.2) is 11.6 Å². The van der Waals surface area contributed by atoms with Crippen LogP contribution in [0, 0.1) is 25.5 Å². The molecule has 0 unspecified atom stereocenters. The van der Waals surface area contributed by atoms with Crippen LogP contribution in [0.2, 0.25) is 0 Å². The third-order valence-corrected chi connectivity index (χ3v) is 12.9. The van der Waals surface area contributed by atoms with Gasteiger partial charge in [-0.25, -0.2) is 35.2 Å². The quantitative estimate of drug-likeness (QED) is 0.111. The number of piperidine rings is 1. The zero-order valence-corrected chi connectivity index (χ0v) is 37.1. The Morgan fingerprint density at radius 1 is 0.623 bits per heavy atom. The van der Waals surface area contributed by atoms with Crippen molar-refractivity contribution in [2.45, 2.75) is 60.0 Å². The van der Waals surface area contributed by atoms with E-state index in [0.29, 0.717) is 61.8 Å². The molecule has 0 radical (unpaired) electrons. The molecule has 2 aliphatic rings. The number of piperazine rings is 1. The first-order valence-corrected chi connectivity index (χ1v) is 24.0. The molecule has 2 saturated heterocycles. The fourth-order valence-corrected chi connectivity index (χ4v) is 7.28. The Bertz CT molecular complexity index is 2280. The van der Waals surface area contributed by atoms with Crippen molar-refractivity contribution >= 4 is 64.6 Å². The molecule has 4 N–H and O–H groups in total. The highest BCUT2D eigenvalue weighted by Gasteiger charge is 2.26. The SMILES string of the molecule is CCS(=O)(=O)Cl.CCS(=O)(=O)N1CCN(Cc2cccc(NC(=O)Nc3ccc(C)nc3)c2F)CC1.Cc1ccc(NC(=O)Nc2cccc(CN3CCCCC3)c2F)cn1. The van der Waals surface area contributed by atoms with Gasteiger partial charge in [-0.3, -0.25) is 19.8 Å². The Hall–Kier alpha value is -4.79. The number of carbonyl (C=O) groups excluding carboxylic acids is 2. The van der Waals surface area contributed by atoms with Gasteiger partial charge < -0.3 is 21.3 Å². The molecule has 332 valence electrons. The number of nitrogens with one attached hydrogen (secondary N) is 4. The number of halogens is 3. The predicted molar refractivity (Wildman–Crippen MR) is 237 cm³/mol. The number of benzene rings is 2. The van der Waals surface area contributed by atoms with E-state index in [1.54, 1.807) is 67.7 Å². The number of anilines is 4. The van der Waals surface area contributed by atoms with Gasteiger partial charge in [0.2, 0.25) is 19.1 Å². The first kappa shape index (κ1) is 48.9. The van der Waals surface area contributed by atoms with Gasteiger partial charge in [-0.2, -0.15) is 4.31 Å². The van der Waals surface area contributed by atoms with Crippen LogP contribution in [0.25, 0.3) is 0 Å². The molecule has 2 aromatic heterocycles. The van der Waals surface area contributed by atoms with Crippen molar-refractivity contribution in [1.82, 2.24) is 24.1 Å². The number of sulfonamides is 1. The van der Waals surface area contributed by atoms with E-state index in [1.807, 2.05) is 18.7 Å². The normalized spacial score (nSPS) is 15.0. The van der Waals surface area contributed by atoms with E-state index in [-0.39, 0.29) is 28.7 Å². The van der Waals surface area contributed by atoms with Gasteiger partial charge in [0.25, 0.3) is 0 Å². The second kappa shape index (κ2) is 23.4. The molecule has 2 fully saturated rings. The van der Waals surface area contributed by atoms with Crippen molar-refractivity contribution in [1.29, 1.82) is 0 Å². The van der Waals surface area contributed by atoms with Crippen molar-refractivity contribution in [3.05, 3.63) is 107 Å². The van der Waals surface area contributed by atoms with E-state index in [0.717, 1.165) is 37.3 Å². The van der Waals surface area contributed by atoms with Crippen LogP contribution in [-0.4, -0.2) is 104 Å². The molecule has 4 aromatic rings. The van der Waals surface area contributed by atoms with Gasteiger partial charge in [0, 0.05) is 72.5 Å². The topological polar surface area (TPSA) is 186 Å². The maximum atomic E-state index is 14.9. The molecule has 20 heteroatoms. The summed E-state index contributed by atoms with van der Waals surface area (Å²) in [7, 11) is -1.70. The third-order valence-electron chi connectivity index (χ3n) is 9.66. The average molecular weight is 907 g/mol. The number of hydrogen-bond acceptors (Lipinski definition) is 10. The molecule has 0 aliphatic carbocycles. The summed E-state index contributed by atoms with van der Waals surface area (Å²) in [6.45, 7) is 11.6. The van der Waals surface area contributed by atoms with E-state index in [1.165, 1.54) is 29.9 Å². The van der Waals surface area contributed by atoms with Crippen LogP contribution < -0.4 is 21.3 Å². The maximum absolute atomic E-state index is 14.9. The van der Waals surface area contributed by atoms with Gasteiger partial charge in [0.05, 0.1) is 46.6 Å². The van der Waals surface area contributed by atoms with Crippen molar-refractivity contribution in [3.8, 4) is 0 Å². The van der Waals surface area contributed by atoms with Crippen molar-refractivity contribution < 1.29 is 35.2 Å². The second-order valence-corrected chi connectivity index (χ2v) is 19.7. The molecule has 2 aliphatic heterocycles. The van der Waals surface area contributed by atoms with Gasteiger partial charge in [-0.15, -0.1) is 0 Å². The summed E-state index contributed by atoms with van der Waals surface area (Å²) < 4.78 is 74.5. The molecule has 6 rings (SSSR count). The van der Waals surface area contributed by atoms with Gasteiger partial charge in [0.1, 0.15) is 0 Å². The Morgan fingerprint density at radius 2 is 1.05 bits per heavy atom. The standard InChI is InChI=1S/C20H26FN5O3S.C19H23FN4O.C2H5ClO2S/c1-3-30(28,29)26-11-9-25(10-12-26)14-16-5-4-6-18(19(16)21)24-20(27)23-17-8-7-15(2)22-13-17;1-14-8-9-16(12-21-14)22-19(25)23-17-7-5-6-15(18(17)20)13-24-10-3-2-4-11-24;1-2-6(3,4)5/h4-8,13H,3,9-12,14H2,1-2H3,(H2,23,24,27);5-9,12H,2-4,10-11,13H2,1H3,(H2,22,23,25);2H2,1H3. The number of carbonyl (C=O) groups is 2. The fourth-order valence-electron chi connectivity index (χ4n) is 6.20. The van der Waals surface area contributed by atoms with Crippen LogP contribution in [0.3, 0.4) is 0 Å². The molecular weight excluding hydrogens is 852 g/mol. The number of aromatic nitrogens is 2. The van der Waals surface area contributed by atoms with Crippen LogP contribution in [-0.2, 0) is 32.2 Å². The summed E-state index contributed by atoms with van der Waals surface area (Å²) in [5.74, 6) is -0.784. The Labute approximate surface area is 361 Å². The summed E-state index contributed by atoms with van der Waals surface area (Å²) in [6, 6.07) is 15.9. The van der Waals surface area contributed by atoms with Gasteiger partial charge in [-0.05, 0) is 83.1 Å². The number of pyridine rings is 2. The van der Waals surface area contributed by atoms with Crippen LogP contribution in [0.15, 0.2) is 73.1 Å². The minimum Gasteiger partial charge on any atom is -0.306 e. The molecule has 4 heterocycles. The lowest BCUT2D eigenvalue weighted by Crippen LogP contribution is -2.48. The molecule has 2 aromatic carbocycles. The molecule has 4 amide bonds. The van der Waals surface area contributed by atoms with E-state index in [9.17, 15) is 35.2 Å². The zero-order chi connectivity index (χ0) is 44.6. The molecule has 0 bridgehead atoms. The highest BCUT2D eigenvalue weighted by Crippen LogP contribution is 2.23. The summed E-state index contributed by atoms with van der Waals surface area (Å²) in [4.78, 5) is 36.8. The number of amides is 4. The lowest BCUT2D eigenvalue weighted by molar-refractivity contribution is 0.180. The maximum Gasteiger partial charge on any atom is 0.323 e. The molecule has 15 nitrogen and oxygen atoms in total. The highest BCUT2D eigenvalue weighted by atomic mass is 35.7.